The van der Waals surface area contributed by atoms with E-state index in [1.807, 2.05) is 17.5 Å². The van der Waals surface area contributed by atoms with E-state index in [4.69, 9.17) is 10.5 Å². The van der Waals surface area contributed by atoms with Gasteiger partial charge in [-0.25, -0.2) is 8.78 Å². The van der Waals surface area contributed by atoms with Gasteiger partial charge in [-0.05, 0) is 11.4 Å². The van der Waals surface area contributed by atoms with Crippen LogP contribution in [0.15, 0.2) is 35.7 Å². The van der Waals surface area contributed by atoms with Crippen LogP contribution in [-0.2, 0) is 0 Å². The molecule has 2 aromatic rings. The molecule has 5 heteroatoms. The van der Waals surface area contributed by atoms with Crippen LogP contribution in [0.25, 0.3) is 0 Å². The van der Waals surface area contributed by atoms with Gasteiger partial charge in [-0.3, -0.25) is 0 Å². The molecule has 0 saturated heterocycles. The van der Waals surface area contributed by atoms with E-state index in [2.05, 4.69) is 0 Å². The number of ether oxygens (including phenoxy) is 1. The van der Waals surface area contributed by atoms with Crippen LogP contribution in [0.4, 0.5) is 8.78 Å². The van der Waals surface area contributed by atoms with E-state index >= 15 is 0 Å². The molecule has 0 aliphatic rings. The summed E-state index contributed by atoms with van der Waals surface area (Å²) in [4.78, 5) is 0.928. The standard InChI is InChI=1S/C12H11F2NOS/c13-8-4-9(14)6-10(5-8)16-11(7-15)12-2-1-3-17-12/h1-6,11H,7,15H2. The first-order valence-electron chi connectivity index (χ1n) is 5.05. The molecule has 17 heavy (non-hydrogen) atoms. The largest absolute Gasteiger partial charge is 0.483 e. The molecule has 1 aromatic heterocycles. The molecular weight excluding hydrogens is 244 g/mol. The van der Waals surface area contributed by atoms with Crippen LogP contribution in [0.1, 0.15) is 11.0 Å². The predicted molar refractivity (Wildman–Crippen MR) is 63.1 cm³/mol. The molecule has 1 aromatic carbocycles. The van der Waals surface area contributed by atoms with E-state index in [1.165, 1.54) is 11.3 Å². The Labute approximate surface area is 102 Å². The third-order valence-electron chi connectivity index (χ3n) is 2.19. The number of hydrogen-bond donors (Lipinski definition) is 1. The van der Waals surface area contributed by atoms with Gasteiger partial charge in [0, 0.05) is 29.6 Å². The highest BCUT2D eigenvalue weighted by molar-refractivity contribution is 7.10. The van der Waals surface area contributed by atoms with Crippen LogP contribution < -0.4 is 10.5 Å². The molecule has 0 fully saturated rings. The fourth-order valence-corrected chi connectivity index (χ4v) is 2.23. The zero-order chi connectivity index (χ0) is 12.3. The van der Waals surface area contributed by atoms with Crippen LogP contribution in [-0.4, -0.2) is 6.54 Å². The van der Waals surface area contributed by atoms with Crippen molar-refractivity contribution in [2.75, 3.05) is 6.54 Å². The lowest BCUT2D eigenvalue weighted by Crippen LogP contribution is -2.17. The van der Waals surface area contributed by atoms with E-state index in [-0.39, 0.29) is 18.4 Å². The van der Waals surface area contributed by atoms with Crippen molar-refractivity contribution in [3.8, 4) is 5.75 Å². The summed E-state index contributed by atoms with van der Waals surface area (Å²) < 4.78 is 31.4. The van der Waals surface area contributed by atoms with E-state index in [0.717, 1.165) is 23.1 Å². The molecule has 0 saturated carbocycles. The second-order valence-corrected chi connectivity index (χ2v) is 4.44. The van der Waals surface area contributed by atoms with Gasteiger partial charge in [-0.2, -0.15) is 0 Å². The highest BCUT2D eigenvalue weighted by atomic mass is 32.1. The lowest BCUT2D eigenvalue weighted by molar-refractivity contribution is 0.216. The number of nitrogens with two attached hydrogens (primary N) is 1. The lowest BCUT2D eigenvalue weighted by atomic mass is 10.2. The second-order valence-electron chi connectivity index (χ2n) is 3.46. The van der Waals surface area contributed by atoms with E-state index in [1.54, 1.807) is 0 Å². The molecular formula is C12H11F2NOS. The minimum absolute atomic E-state index is 0.145. The number of halogens is 2. The molecule has 1 atom stereocenters. The van der Waals surface area contributed by atoms with Crippen molar-refractivity contribution in [2.45, 2.75) is 6.10 Å². The van der Waals surface area contributed by atoms with Gasteiger partial charge in [0.15, 0.2) is 0 Å². The number of hydrogen-bond acceptors (Lipinski definition) is 3. The first kappa shape index (κ1) is 12.0. The SMILES string of the molecule is NCC(Oc1cc(F)cc(F)c1)c1cccs1. The number of thiophene rings is 1. The molecule has 0 bridgehead atoms. The van der Waals surface area contributed by atoms with Gasteiger partial charge in [0.1, 0.15) is 23.5 Å². The number of benzene rings is 1. The normalized spacial score (nSPS) is 12.4. The first-order valence-corrected chi connectivity index (χ1v) is 5.93. The second kappa shape index (κ2) is 5.25. The third-order valence-corrected chi connectivity index (χ3v) is 3.15. The Balaban J connectivity index is 2.18. The summed E-state index contributed by atoms with van der Waals surface area (Å²) in [5.74, 6) is -1.18. The summed E-state index contributed by atoms with van der Waals surface area (Å²) in [6.07, 6.45) is -0.379. The quantitative estimate of drug-likeness (QED) is 0.911. The number of rotatable bonds is 4. The maximum absolute atomic E-state index is 13.0. The monoisotopic (exact) mass is 255 g/mol. The maximum Gasteiger partial charge on any atom is 0.145 e. The molecule has 2 N–H and O–H groups in total. The van der Waals surface area contributed by atoms with Crippen molar-refractivity contribution in [3.05, 3.63) is 52.2 Å². The van der Waals surface area contributed by atoms with Gasteiger partial charge in [0.05, 0.1) is 0 Å². The minimum atomic E-state index is -0.665. The van der Waals surface area contributed by atoms with Crippen molar-refractivity contribution in [3.63, 3.8) is 0 Å². The highest BCUT2D eigenvalue weighted by Crippen LogP contribution is 2.25. The third kappa shape index (κ3) is 3.01. The highest BCUT2D eigenvalue weighted by Gasteiger charge is 2.13. The molecule has 0 radical (unpaired) electrons. The summed E-state index contributed by atoms with van der Waals surface area (Å²) in [6, 6.07) is 6.82. The van der Waals surface area contributed by atoms with E-state index < -0.39 is 11.6 Å². The van der Waals surface area contributed by atoms with Gasteiger partial charge >= 0.3 is 0 Å². The van der Waals surface area contributed by atoms with Crippen LogP contribution in [0, 0.1) is 11.6 Å². The van der Waals surface area contributed by atoms with Crippen LogP contribution in [0.5, 0.6) is 5.75 Å². The van der Waals surface area contributed by atoms with Gasteiger partial charge in [0.2, 0.25) is 0 Å². The Morgan fingerprint density at radius 1 is 1.24 bits per heavy atom. The van der Waals surface area contributed by atoms with Gasteiger partial charge in [-0.1, -0.05) is 6.07 Å². The Bertz CT molecular complexity index is 467. The molecule has 0 aliphatic carbocycles. The van der Waals surface area contributed by atoms with Crippen molar-refractivity contribution < 1.29 is 13.5 Å². The lowest BCUT2D eigenvalue weighted by Gasteiger charge is -2.16. The summed E-state index contributed by atoms with van der Waals surface area (Å²) in [5, 5.41) is 1.90. The molecule has 0 spiro atoms. The van der Waals surface area contributed by atoms with Crippen molar-refractivity contribution >= 4 is 11.3 Å². The fourth-order valence-electron chi connectivity index (χ4n) is 1.46. The fraction of sp³-hybridized carbons (Fsp3) is 0.167. The molecule has 90 valence electrons. The average molecular weight is 255 g/mol. The zero-order valence-electron chi connectivity index (χ0n) is 8.90. The van der Waals surface area contributed by atoms with Crippen molar-refractivity contribution in [1.29, 1.82) is 0 Å². The zero-order valence-corrected chi connectivity index (χ0v) is 9.71. The Hall–Kier alpha value is -1.46. The molecule has 1 heterocycles. The van der Waals surface area contributed by atoms with Gasteiger partial charge in [0.25, 0.3) is 0 Å². The first-order chi connectivity index (χ1) is 8.19. The van der Waals surface area contributed by atoms with Crippen LogP contribution in [0.3, 0.4) is 0 Å². The molecule has 2 nitrogen and oxygen atoms in total. The van der Waals surface area contributed by atoms with Crippen molar-refractivity contribution in [2.24, 2.45) is 5.73 Å². The van der Waals surface area contributed by atoms with Gasteiger partial charge in [-0.15, -0.1) is 11.3 Å². The average Bonchev–Trinajstić information content (AvgIpc) is 2.77. The molecule has 0 aliphatic heterocycles. The summed E-state index contributed by atoms with van der Waals surface area (Å²) in [7, 11) is 0. The topological polar surface area (TPSA) is 35.2 Å². The van der Waals surface area contributed by atoms with Crippen molar-refractivity contribution in [1.82, 2.24) is 0 Å². The van der Waals surface area contributed by atoms with Gasteiger partial charge < -0.3 is 10.5 Å². The summed E-state index contributed by atoms with van der Waals surface area (Å²) in [5.41, 5.74) is 5.58. The predicted octanol–water partition coefficient (Wildman–Crippen LogP) is 3.11. The summed E-state index contributed by atoms with van der Waals surface area (Å²) in [6.45, 7) is 0.249. The van der Waals surface area contributed by atoms with Crippen LogP contribution >= 0.6 is 11.3 Å². The Kier molecular flexibility index (Phi) is 3.71. The Morgan fingerprint density at radius 2 is 1.94 bits per heavy atom. The van der Waals surface area contributed by atoms with Crippen LogP contribution in [0.2, 0.25) is 0 Å². The van der Waals surface area contributed by atoms with E-state index in [0.29, 0.717) is 0 Å². The minimum Gasteiger partial charge on any atom is -0.483 e. The van der Waals surface area contributed by atoms with E-state index in [9.17, 15) is 8.78 Å². The smallest absolute Gasteiger partial charge is 0.145 e. The molecule has 2 rings (SSSR count). The molecule has 1 unspecified atom stereocenters. The Morgan fingerprint density at radius 3 is 2.47 bits per heavy atom. The summed E-state index contributed by atoms with van der Waals surface area (Å²) >= 11 is 1.49. The maximum atomic E-state index is 13.0. The molecule has 0 amide bonds.